The Labute approximate surface area is 71.6 Å². The SMILES string of the molecule is CN(C)C.Pc1ccccc1. The van der Waals surface area contributed by atoms with Crippen molar-refractivity contribution < 1.29 is 0 Å². The average molecular weight is 169 g/mol. The van der Waals surface area contributed by atoms with Crippen molar-refractivity contribution in [2.45, 2.75) is 0 Å². The van der Waals surface area contributed by atoms with Gasteiger partial charge in [-0.1, -0.05) is 30.3 Å². The highest BCUT2D eigenvalue weighted by Crippen LogP contribution is 1.86. The number of benzene rings is 1. The lowest BCUT2D eigenvalue weighted by Gasteiger charge is -1.90. The molecule has 0 saturated carbocycles. The van der Waals surface area contributed by atoms with Crippen LogP contribution in [0.2, 0.25) is 0 Å². The summed E-state index contributed by atoms with van der Waals surface area (Å²) in [5.41, 5.74) is 0. The summed E-state index contributed by atoms with van der Waals surface area (Å²) in [5.74, 6) is 0. The minimum Gasteiger partial charge on any atom is -0.312 e. The molecule has 0 N–H and O–H groups in total. The lowest BCUT2D eigenvalue weighted by atomic mass is 10.4. The van der Waals surface area contributed by atoms with E-state index >= 15 is 0 Å². The predicted octanol–water partition coefficient (Wildman–Crippen LogP) is 1.36. The molecule has 0 bridgehead atoms. The van der Waals surface area contributed by atoms with Crippen LogP contribution in [0.1, 0.15) is 0 Å². The molecule has 0 amide bonds. The van der Waals surface area contributed by atoms with Crippen molar-refractivity contribution in [3.8, 4) is 0 Å². The van der Waals surface area contributed by atoms with E-state index in [1.165, 1.54) is 5.30 Å². The van der Waals surface area contributed by atoms with Crippen LogP contribution in [0.25, 0.3) is 0 Å². The average Bonchev–Trinajstić information content (AvgIpc) is 1.87. The van der Waals surface area contributed by atoms with Crippen LogP contribution < -0.4 is 5.30 Å². The van der Waals surface area contributed by atoms with Gasteiger partial charge in [0.15, 0.2) is 0 Å². The normalized spacial score (nSPS) is 8.82. The van der Waals surface area contributed by atoms with Crippen molar-refractivity contribution in [3.63, 3.8) is 0 Å². The van der Waals surface area contributed by atoms with Crippen LogP contribution in [0.4, 0.5) is 0 Å². The summed E-state index contributed by atoms with van der Waals surface area (Å²) < 4.78 is 0. The Morgan fingerprint density at radius 1 is 1.00 bits per heavy atom. The van der Waals surface area contributed by atoms with E-state index in [9.17, 15) is 0 Å². The number of hydrogen-bond donors (Lipinski definition) is 0. The van der Waals surface area contributed by atoms with Gasteiger partial charge in [-0.05, 0) is 26.4 Å². The van der Waals surface area contributed by atoms with Gasteiger partial charge in [0.25, 0.3) is 0 Å². The van der Waals surface area contributed by atoms with Crippen molar-refractivity contribution in [2.24, 2.45) is 0 Å². The summed E-state index contributed by atoms with van der Waals surface area (Å²) in [6.07, 6.45) is 0. The molecule has 0 aliphatic rings. The fourth-order valence-electron chi connectivity index (χ4n) is 0.453. The highest BCUT2D eigenvalue weighted by molar-refractivity contribution is 7.27. The first-order chi connectivity index (χ1) is 5.13. The first kappa shape index (κ1) is 10.6. The Morgan fingerprint density at radius 2 is 1.36 bits per heavy atom. The van der Waals surface area contributed by atoms with E-state index in [0.29, 0.717) is 0 Å². The third kappa shape index (κ3) is 9.61. The maximum absolute atomic E-state index is 2.63. The fourth-order valence-corrected chi connectivity index (χ4v) is 0.675. The molecule has 0 heterocycles. The van der Waals surface area contributed by atoms with E-state index in [1.807, 2.05) is 56.4 Å². The molecule has 62 valence electrons. The molecule has 1 rings (SSSR count). The second-order valence-corrected chi connectivity index (χ2v) is 3.42. The van der Waals surface area contributed by atoms with Gasteiger partial charge < -0.3 is 4.90 Å². The zero-order chi connectivity index (χ0) is 8.69. The highest BCUT2D eigenvalue weighted by Gasteiger charge is 1.72. The molecule has 0 aromatic heterocycles. The summed E-state index contributed by atoms with van der Waals surface area (Å²) in [6, 6.07) is 10.1. The quantitative estimate of drug-likeness (QED) is 0.530. The van der Waals surface area contributed by atoms with Gasteiger partial charge >= 0.3 is 0 Å². The molecule has 1 aromatic rings. The molecule has 1 unspecified atom stereocenters. The first-order valence-electron chi connectivity index (χ1n) is 3.54. The Morgan fingerprint density at radius 3 is 1.55 bits per heavy atom. The number of rotatable bonds is 0. The minimum absolute atomic E-state index is 1.24. The molecule has 0 aliphatic carbocycles. The molecule has 0 spiro atoms. The Hall–Kier alpha value is -0.390. The molecule has 1 aromatic carbocycles. The van der Waals surface area contributed by atoms with Crippen LogP contribution in [0.5, 0.6) is 0 Å². The molecule has 1 nitrogen and oxygen atoms in total. The monoisotopic (exact) mass is 169 g/mol. The molecule has 11 heavy (non-hydrogen) atoms. The third-order valence-electron chi connectivity index (χ3n) is 0.800. The maximum atomic E-state index is 2.63. The van der Waals surface area contributed by atoms with E-state index in [2.05, 4.69) is 9.24 Å². The van der Waals surface area contributed by atoms with E-state index in [1.54, 1.807) is 0 Å². The molecule has 2 heteroatoms. The van der Waals surface area contributed by atoms with Gasteiger partial charge in [-0.15, -0.1) is 9.24 Å². The summed E-state index contributed by atoms with van der Waals surface area (Å²) in [7, 11) is 8.63. The van der Waals surface area contributed by atoms with Gasteiger partial charge in [-0.2, -0.15) is 0 Å². The Balaban J connectivity index is 0.000000218. The van der Waals surface area contributed by atoms with Gasteiger partial charge in [-0.25, -0.2) is 0 Å². The van der Waals surface area contributed by atoms with Gasteiger partial charge in [-0.3, -0.25) is 0 Å². The molecular weight excluding hydrogens is 153 g/mol. The number of nitrogens with zero attached hydrogens (tertiary/aromatic N) is 1. The van der Waals surface area contributed by atoms with Gasteiger partial charge in [0.2, 0.25) is 0 Å². The Kier molecular flexibility index (Phi) is 6.10. The summed E-state index contributed by atoms with van der Waals surface area (Å²) in [6.45, 7) is 0. The highest BCUT2D eigenvalue weighted by atomic mass is 31.0. The van der Waals surface area contributed by atoms with Crippen LogP contribution in [-0.4, -0.2) is 26.0 Å². The summed E-state index contributed by atoms with van der Waals surface area (Å²) in [5, 5.41) is 1.24. The Bertz CT molecular complexity index is 169. The first-order valence-corrected chi connectivity index (χ1v) is 4.12. The van der Waals surface area contributed by atoms with Gasteiger partial charge in [0.1, 0.15) is 0 Å². The largest absolute Gasteiger partial charge is 0.312 e. The van der Waals surface area contributed by atoms with Crippen LogP contribution >= 0.6 is 9.24 Å². The molecule has 1 atom stereocenters. The van der Waals surface area contributed by atoms with Crippen molar-refractivity contribution >= 4 is 14.5 Å². The molecule has 0 aliphatic heterocycles. The third-order valence-corrected chi connectivity index (χ3v) is 1.18. The smallest absolute Gasteiger partial charge is 0.0140 e. The second-order valence-electron chi connectivity index (χ2n) is 2.75. The van der Waals surface area contributed by atoms with Crippen molar-refractivity contribution in [1.82, 2.24) is 4.90 Å². The lowest BCUT2D eigenvalue weighted by molar-refractivity contribution is 0.505. The zero-order valence-corrected chi connectivity index (χ0v) is 8.57. The van der Waals surface area contributed by atoms with E-state index in [4.69, 9.17) is 0 Å². The predicted molar refractivity (Wildman–Crippen MR) is 55.4 cm³/mol. The number of hydrogen-bond acceptors (Lipinski definition) is 1. The summed E-state index contributed by atoms with van der Waals surface area (Å²) in [4.78, 5) is 2.00. The maximum Gasteiger partial charge on any atom is -0.0140 e. The van der Waals surface area contributed by atoms with Crippen molar-refractivity contribution in [1.29, 1.82) is 0 Å². The fraction of sp³-hybridized carbons (Fsp3) is 0.333. The van der Waals surface area contributed by atoms with Crippen LogP contribution in [0.3, 0.4) is 0 Å². The standard InChI is InChI=1S/C6H7P.C3H9N/c7-6-4-2-1-3-5-6;1-4(2)3/h1-5H,7H2;1-3H3. The van der Waals surface area contributed by atoms with E-state index in [0.717, 1.165) is 0 Å². The van der Waals surface area contributed by atoms with Gasteiger partial charge in [0.05, 0.1) is 0 Å². The molecule has 0 radical (unpaired) electrons. The minimum atomic E-state index is 1.24. The zero-order valence-electron chi connectivity index (χ0n) is 7.41. The second kappa shape index (κ2) is 6.33. The van der Waals surface area contributed by atoms with Gasteiger partial charge in [0, 0.05) is 0 Å². The molecule has 0 saturated heterocycles. The van der Waals surface area contributed by atoms with E-state index in [-0.39, 0.29) is 0 Å². The van der Waals surface area contributed by atoms with Crippen LogP contribution in [-0.2, 0) is 0 Å². The van der Waals surface area contributed by atoms with Crippen molar-refractivity contribution in [2.75, 3.05) is 21.1 Å². The van der Waals surface area contributed by atoms with Crippen LogP contribution in [0.15, 0.2) is 30.3 Å². The topological polar surface area (TPSA) is 3.24 Å². The van der Waals surface area contributed by atoms with E-state index < -0.39 is 0 Å². The molecular formula is C9H16NP. The summed E-state index contributed by atoms with van der Waals surface area (Å²) >= 11 is 0. The lowest BCUT2D eigenvalue weighted by Crippen LogP contribution is -1.99. The van der Waals surface area contributed by atoms with Crippen LogP contribution in [0, 0.1) is 0 Å². The van der Waals surface area contributed by atoms with Crippen molar-refractivity contribution in [3.05, 3.63) is 30.3 Å². The molecule has 0 fully saturated rings.